The van der Waals surface area contributed by atoms with Gasteiger partial charge in [-0.05, 0) is 23.5 Å². The topological polar surface area (TPSA) is 67.5 Å². The van der Waals surface area contributed by atoms with Crippen molar-refractivity contribution in [3.05, 3.63) is 33.9 Å². The lowest BCUT2D eigenvalue weighted by molar-refractivity contribution is 0.0656. The number of carboxylic acid groups (broad SMARTS) is 1. The van der Waals surface area contributed by atoms with Crippen molar-refractivity contribution >= 4 is 5.97 Å². The van der Waals surface area contributed by atoms with E-state index in [0.29, 0.717) is 5.56 Å². The highest BCUT2D eigenvalue weighted by Crippen LogP contribution is 2.26. The molecule has 0 saturated heterocycles. The van der Waals surface area contributed by atoms with Gasteiger partial charge in [0.15, 0.2) is 0 Å². The summed E-state index contributed by atoms with van der Waals surface area (Å²) in [6, 6.07) is 2.75. The SMILES string of the molecule is CCC(C)(C)c1cc(C(=O)O)oc(=O)c1. The number of hydrogen-bond donors (Lipinski definition) is 1. The summed E-state index contributed by atoms with van der Waals surface area (Å²) in [4.78, 5) is 21.8. The molecule has 0 bridgehead atoms. The quantitative estimate of drug-likeness (QED) is 0.828. The largest absolute Gasteiger partial charge is 0.475 e. The zero-order chi connectivity index (χ0) is 11.6. The van der Waals surface area contributed by atoms with Gasteiger partial charge < -0.3 is 9.52 Å². The van der Waals surface area contributed by atoms with E-state index < -0.39 is 11.6 Å². The third-order valence-corrected chi connectivity index (χ3v) is 2.65. The maximum atomic E-state index is 11.1. The highest BCUT2D eigenvalue weighted by molar-refractivity contribution is 5.84. The molecular weight excluding hydrogens is 196 g/mol. The van der Waals surface area contributed by atoms with Gasteiger partial charge in [-0.1, -0.05) is 20.8 Å². The fourth-order valence-corrected chi connectivity index (χ4v) is 1.18. The molecule has 0 fully saturated rings. The molecule has 0 aliphatic heterocycles. The molecule has 1 aromatic heterocycles. The molecule has 1 N–H and O–H groups in total. The van der Waals surface area contributed by atoms with E-state index in [-0.39, 0.29) is 11.2 Å². The first-order chi connectivity index (χ1) is 6.86. The van der Waals surface area contributed by atoms with Crippen LogP contribution in [0.15, 0.2) is 21.3 Å². The Labute approximate surface area is 87.5 Å². The Hall–Kier alpha value is -1.58. The molecule has 0 saturated carbocycles. The number of rotatable bonds is 3. The van der Waals surface area contributed by atoms with Gasteiger partial charge in [0.25, 0.3) is 0 Å². The van der Waals surface area contributed by atoms with Gasteiger partial charge in [-0.3, -0.25) is 0 Å². The first-order valence-corrected chi connectivity index (χ1v) is 4.76. The number of carbonyl (C=O) groups is 1. The van der Waals surface area contributed by atoms with E-state index in [1.165, 1.54) is 12.1 Å². The molecule has 0 aromatic carbocycles. The lowest BCUT2D eigenvalue weighted by atomic mass is 9.83. The van der Waals surface area contributed by atoms with Crippen molar-refractivity contribution in [2.24, 2.45) is 0 Å². The van der Waals surface area contributed by atoms with Crippen LogP contribution < -0.4 is 5.63 Å². The molecule has 0 radical (unpaired) electrons. The predicted octanol–water partition coefficient (Wildman–Crippen LogP) is 2.03. The molecule has 0 unspecified atom stereocenters. The van der Waals surface area contributed by atoms with E-state index in [1.54, 1.807) is 0 Å². The molecule has 0 atom stereocenters. The monoisotopic (exact) mass is 210 g/mol. The van der Waals surface area contributed by atoms with Crippen molar-refractivity contribution < 1.29 is 14.3 Å². The van der Waals surface area contributed by atoms with Crippen molar-refractivity contribution in [2.45, 2.75) is 32.6 Å². The third-order valence-electron chi connectivity index (χ3n) is 2.65. The molecule has 0 aliphatic rings. The molecule has 1 heterocycles. The van der Waals surface area contributed by atoms with E-state index >= 15 is 0 Å². The minimum absolute atomic E-state index is 0.222. The third kappa shape index (κ3) is 2.46. The maximum Gasteiger partial charge on any atom is 0.371 e. The van der Waals surface area contributed by atoms with Crippen LogP contribution in [0.2, 0.25) is 0 Å². The second kappa shape index (κ2) is 3.88. The van der Waals surface area contributed by atoms with Crippen molar-refractivity contribution in [3.8, 4) is 0 Å². The van der Waals surface area contributed by atoms with Crippen LogP contribution in [0.3, 0.4) is 0 Å². The van der Waals surface area contributed by atoms with Crippen molar-refractivity contribution in [2.75, 3.05) is 0 Å². The molecule has 82 valence electrons. The Morgan fingerprint density at radius 3 is 2.53 bits per heavy atom. The highest BCUT2D eigenvalue weighted by atomic mass is 16.4. The molecule has 4 nitrogen and oxygen atoms in total. The lowest BCUT2D eigenvalue weighted by Crippen LogP contribution is -2.19. The maximum absolute atomic E-state index is 11.1. The van der Waals surface area contributed by atoms with Gasteiger partial charge in [0, 0.05) is 6.07 Å². The minimum Gasteiger partial charge on any atom is -0.475 e. The smallest absolute Gasteiger partial charge is 0.371 e. The summed E-state index contributed by atoms with van der Waals surface area (Å²) in [6.07, 6.45) is 0.815. The van der Waals surface area contributed by atoms with E-state index in [1.807, 2.05) is 20.8 Å². The second-order valence-electron chi connectivity index (χ2n) is 4.07. The van der Waals surface area contributed by atoms with Gasteiger partial charge in [-0.2, -0.15) is 0 Å². The first kappa shape index (κ1) is 11.5. The van der Waals surface area contributed by atoms with Gasteiger partial charge in [0.1, 0.15) is 0 Å². The fraction of sp³-hybridized carbons (Fsp3) is 0.455. The number of carboxylic acids is 1. The molecule has 0 aliphatic carbocycles. The van der Waals surface area contributed by atoms with Crippen LogP contribution in [0, 0.1) is 0 Å². The van der Waals surface area contributed by atoms with Crippen molar-refractivity contribution in [1.29, 1.82) is 0 Å². The summed E-state index contributed by atoms with van der Waals surface area (Å²) >= 11 is 0. The average Bonchev–Trinajstić information content (AvgIpc) is 2.16. The molecule has 1 aromatic rings. The summed E-state index contributed by atoms with van der Waals surface area (Å²) in [5.74, 6) is -1.53. The van der Waals surface area contributed by atoms with Crippen LogP contribution in [-0.4, -0.2) is 11.1 Å². The Bertz CT molecular complexity index is 428. The average molecular weight is 210 g/mol. The van der Waals surface area contributed by atoms with Crippen LogP contribution in [0.5, 0.6) is 0 Å². The summed E-state index contributed by atoms with van der Waals surface area (Å²) in [5.41, 5.74) is -0.148. The molecule has 15 heavy (non-hydrogen) atoms. The van der Waals surface area contributed by atoms with Gasteiger partial charge in [-0.25, -0.2) is 9.59 Å². The number of aromatic carboxylic acids is 1. The second-order valence-corrected chi connectivity index (χ2v) is 4.07. The minimum atomic E-state index is -1.22. The first-order valence-electron chi connectivity index (χ1n) is 4.76. The van der Waals surface area contributed by atoms with Gasteiger partial charge >= 0.3 is 11.6 Å². The van der Waals surface area contributed by atoms with Crippen LogP contribution in [0.4, 0.5) is 0 Å². The summed E-state index contributed by atoms with van der Waals surface area (Å²) in [5, 5.41) is 8.74. The van der Waals surface area contributed by atoms with Crippen molar-refractivity contribution in [1.82, 2.24) is 0 Å². The van der Waals surface area contributed by atoms with Crippen LogP contribution in [0.25, 0.3) is 0 Å². The Morgan fingerprint density at radius 2 is 2.07 bits per heavy atom. The van der Waals surface area contributed by atoms with E-state index in [2.05, 4.69) is 4.42 Å². The van der Waals surface area contributed by atoms with E-state index in [0.717, 1.165) is 6.42 Å². The van der Waals surface area contributed by atoms with Crippen LogP contribution >= 0.6 is 0 Å². The summed E-state index contributed by atoms with van der Waals surface area (Å²) < 4.78 is 4.56. The van der Waals surface area contributed by atoms with E-state index in [4.69, 9.17) is 5.11 Å². The zero-order valence-electron chi connectivity index (χ0n) is 9.03. The van der Waals surface area contributed by atoms with Gasteiger partial charge in [0.2, 0.25) is 5.76 Å². The van der Waals surface area contributed by atoms with Crippen molar-refractivity contribution in [3.63, 3.8) is 0 Å². The lowest BCUT2D eigenvalue weighted by Gasteiger charge is -2.22. The Kier molecular flexibility index (Phi) is 2.98. The normalized spacial score (nSPS) is 11.4. The molecule has 4 heteroatoms. The Balaban J connectivity index is 3.33. The summed E-state index contributed by atoms with van der Waals surface area (Å²) in [7, 11) is 0. The number of hydrogen-bond acceptors (Lipinski definition) is 3. The Morgan fingerprint density at radius 1 is 1.47 bits per heavy atom. The summed E-state index contributed by atoms with van der Waals surface area (Å²) in [6.45, 7) is 5.88. The van der Waals surface area contributed by atoms with E-state index in [9.17, 15) is 9.59 Å². The van der Waals surface area contributed by atoms with Gasteiger partial charge in [-0.15, -0.1) is 0 Å². The predicted molar refractivity (Wildman–Crippen MR) is 55.3 cm³/mol. The zero-order valence-corrected chi connectivity index (χ0v) is 9.03. The standard InChI is InChI=1S/C11H14O4/c1-4-11(2,3)7-5-8(10(13)14)15-9(12)6-7/h5-6H,4H2,1-3H3,(H,13,14). The highest BCUT2D eigenvalue weighted by Gasteiger charge is 2.21. The molecule has 1 rings (SSSR count). The molecule has 0 amide bonds. The van der Waals surface area contributed by atoms with Crippen LogP contribution in [-0.2, 0) is 5.41 Å². The molecule has 0 spiro atoms. The fourth-order valence-electron chi connectivity index (χ4n) is 1.18. The van der Waals surface area contributed by atoms with Gasteiger partial charge in [0.05, 0.1) is 0 Å². The molecular formula is C11H14O4. The van der Waals surface area contributed by atoms with Crippen LogP contribution in [0.1, 0.15) is 43.3 Å².